The lowest BCUT2D eigenvalue weighted by Gasteiger charge is -2.44. The maximum absolute atomic E-state index is 11.0. The molecule has 6 heteroatoms. The normalized spacial score (nSPS) is 27.6. The fourth-order valence-electron chi connectivity index (χ4n) is 4.03. The number of β-amino-alcohol motifs (C(OH)–C–C–N with tert-alkyl or cyclic N) is 1. The second-order valence-electron chi connectivity index (χ2n) is 7.05. The van der Waals surface area contributed by atoms with Crippen LogP contribution >= 0.6 is 11.3 Å². The van der Waals surface area contributed by atoms with Crippen LogP contribution in [-0.4, -0.2) is 67.3 Å². The Morgan fingerprint density at radius 3 is 2.35 bits per heavy atom. The van der Waals surface area contributed by atoms with Crippen molar-refractivity contribution in [2.24, 2.45) is 0 Å². The minimum atomic E-state index is -0.578. The second-order valence-corrected chi connectivity index (χ2v) is 7.97. The molecule has 5 nitrogen and oxygen atoms in total. The molecular formula is C17H26N2O3S. The highest BCUT2D eigenvalue weighted by Gasteiger charge is 2.46. The Bertz CT molecular complexity index is 498. The lowest BCUT2D eigenvalue weighted by molar-refractivity contribution is -0.204. The highest BCUT2D eigenvalue weighted by atomic mass is 32.1. The molecule has 3 fully saturated rings. The number of thiophene rings is 1. The molecule has 2 saturated heterocycles. The van der Waals surface area contributed by atoms with Crippen LogP contribution < -0.4 is 4.90 Å². The summed E-state index contributed by atoms with van der Waals surface area (Å²) in [7, 11) is 0. The molecule has 0 radical (unpaired) electrons. The molecule has 1 N–H and O–H groups in total. The monoisotopic (exact) mass is 338 g/mol. The fourth-order valence-corrected chi connectivity index (χ4v) is 4.82. The topological polar surface area (TPSA) is 45.2 Å². The molecule has 1 aromatic rings. The highest BCUT2D eigenvalue weighted by Crippen LogP contribution is 2.40. The third-order valence-corrected chi connectivity index (χ3v) is 6.39. The minimum absolute atomic E-state index is 0.385. The number of rotatable bonds is 3. The standard InChI is InChI=1S/C17H26N2O3S/c20-16(3-5-17(6-4-16)21-11-12-22-17)14-18-7-9-19(10-8-18)15-2-1-13-23-15/h1-2,13,20H,3-12,14H2. The molecule has 23 heavy (non-hydrogen) atoms. The van der Waals surface area contributed by atoms with Crippen molar-refractivity contribution in [1.82, 2.24) is 4.90 Å². The van der Waals surface area contributed by atoms with Crippen LogP contribution in [0.1, 0.15) is 25.7 Å². The van der Waals surface area contributed by atoms with Gasteiger partial charge in [0, 0.05) is 45.6 Å². The molecule has 2 aliphatic heterocycles. The molecule has 3 heterocycles. The van der Waals surface area contributed by atoms with Gasteiger partial charge in [-0.3, -0.25) is 4.90 Å². The number of hydrogen-bond donors (Lipinski definition) is 1. The van der Waals surface area contributed by atoms with E-state index in [0.29, 0.717) is 13.2 Å². The summed E-state index contributed by atoms with van der Waals surface area (Å²) in [6.07, 6.45) is 3.19. The smallest absolute Gasteiger partial charge is 0.168 e. The van der Waals surface area contributed by atoms with Crippen molar-refractivity contribution >= 4 is 16.3 Å². The van der Waals surface area contributed by atoms with Crippen molar-refractivity contribution in [2.45, 2.75) is 37.1 Å². The molecule has 0 aromatic carbocycles. The summed E-state index contributed by atoms with van der Waals surface area (Å²) in [4.78, 5) is 4.86. The Kier molecular flexibility index (Phi) is 4.36. The van der Waals surface area contributed by atoms with E-state index in [1.165, 1.54) is 5.00 Å². The third kappa shape index (κ3) is 3.42. The van der Waals surface area contributed by atoms with Crippen molar-refractivity contribution in [1.29, 1.82) is 0 Å². The number of nitrogens with zero attached hydrogens (tertiary/aromatic N) is 2. The van der Waals surface area contributed by atoms with E-state index in [1.54, 1.807) is 11.3 Å². The molecule has 0 unspecified atom stereocenters. The summed E-state index contributed by atoms with van der Waals surface area (Å²) in [6, 6.07) is 4.30. The quantitative estimate of drug-likeness (QED) is 0.912. The zero-order valence-electron chi connectivity index (χ0n) is 13.6. The molecule has 0 atom stereocenters. The van der Waals surface area contributed by atoms with E-state index in [4.69, 9.17) is 9.47 Å². The average Bonchev–Trinajstić information content (AvgIpc) is 3.24. The van der Waals surface area contributed by atoms with Gasteiger partial charge in [-0.15, -0.1) is 11.3 Å². The molecule has 1 aromatic heterocycles. The van der Waals surface area contributed by atoms with E-state index in [0.717, 1.165) is 58.4 Å². The van der Waals surface area contributed by atoms with Gasteiger partial charge in [0.05, 0.1) is 23.8 Å². The predicted molar refractivity (Wildman–Crippen MR) is 91.0 cm³/mol. The molecule has 1 aliphatic carbocycles. The summed E-state index contributed by atoms with van der Waals surface area (Å²) in [5, 5.41) is 14.4. The first-order valence-electron chi connectivity index (χ1n) is 8.68. The Morgan fingerprint density at radius 1 is 1.04 bits per heavy atom. The zero-order chi connectivity index (χ0) is 15.8. The number of piperazine rings is 1. The van der Waals surface area contributed by atoms with Crippen molar-refractivity contribution in [3.63, 3.8) is 0 Å². The molecule has 4 rings (SSSR count). The average molecular weight is 338 g/mol. The molecule has 1 saturated carbocycles. The molecule has 128 valence electrons. The van der Waals surface area contributed by atoms with Crippen LogP contribution in [0.3, 0.4) is 0 Å². The molecule has 1 spiro atoms. The summed E-state index contributed by atoms with van der Waals surface area (Å²) >= 11 is 1.81. The van der Waals surface area contributed by atoms with Crippen LogP contribution in [0, 0.1) is 0 Å². The summed E-state index contributed by atoms with van der Waals surface area (Å²) in [5.74, 6) is -0.385. The van der Waals surface area contributed by atoms with Gasteiger partial charge in [-0.25, -0.2) is 0 Å². The Labute approximate surface area is 141 Å². The Morgan fingerprint density at radius 2 is 1.74 bits per heavy atom. The number of aliphatic hydroxyl groups is 1. The van der Waals surface area contributed by atoms with Gasteiger partial charge < -0.3 is 19.5 Å². The van der Waals surface area contributed by atoms with Gasteiger partial charge in [0.2, 0.25) is 0 Å². The van der Waals surface area contributed by atoms with Crippen LogP contribution in [0.5, 0.6) is 0 Å². The fraction of sp³-hybridized carbons (Fsp3) is 0.765. The largest absolute Gasteiger partial charge is 0.389 e. The van der Waals surface area contributed by atoms with Gasteiger partial charge in [0.1, 0.15) is 0 Å². The maximum Gasteiger partial charge on any atom is 0.168 e. The molecule has 0 amide bonds. The van der Waals surface area contributed by atoms with Crippen molar-refractivity contribution in [2.75, 3.05) is 50.8 Å². The van der Waals surface area contributed by atoms with E-state index in [2.05, 4.69) is 27.3 Å². The first kappa shape index (κ1) is 15.8. The van der Waals surface area contributed by atoms with E-state index >= 15 is 0 Å². The van der Waals surface area contributed by atoms with E-state index in [1.807, 2.05) is 0 Å². The lowest BCUT2D eigenvalue weighted by Crippen LogP contribution is -2.54. The minimum Gasteiger partial charge on any atom is -0.389 e. The van der Waals surface area contributed by atoms with Gasteiger partial charge >= 0.3 is 0 Å². The van der Waals surface area contributed by atoms with Crippen LogP contribution in [0.4, 0.5) is 5.00 Å². The summed E-state index contributed by atoms with van der Waals surface area (Å²) in [5.41, 5.74) is -0.578. The van der Waals surface area contributed by atoms with Gasteiger partial charge in [-0.1, -0.05) is 0 Å². The number of hydrogen-bond acceptors (Lipinski definition) is 6. The Balaban J connectivity index is 1.28. The van der Waals surface area contributed by atoms with E-state index < -0.39 is 5.60 Å². The van der Waals surface area contributed by atoms with E-state index in [-0.39, 0.29) is 5.79 Å². The zero-order valence-corrected chi connectivity index (χ0v) is 14.4. The van der Waals surface area contributed by atoms with Crippen molar-refractivity contribution in [3.05, 3.63) is 17.5 Å². The summed E-state index contributed by atoms with van der Waals surface area (Å²) < 4.78 is 11.5. The van der Waals surface area contributed by atoms with Gasteiger partial charge in [-0.2, -0.15) is 0 Å². The SMILES string of the molecule is OC1(CN2CCN(c3cccs3)CC2)CCC2(CC1)OCCO2. The van der Waals surface area contributed by atoms with Crippen LogP contribution in [0.15, 0.2) is 17.5 Å². The number of ether oxygens (including phenoxy) is 2. The van der Waals surface area contributed by atoms with E-state index in [9.17, 15) is 5.11 Å². The molecule has 0 bridgehead atoms. The van der Waals surface area contributed by atoms with Gasteiger partial charge in [0.15, 0.2) is 5.79 Å². The van der Waals surface area contributed by atoms with Crippen LogP contribution in [0.25, 0.3) is 0 Å². The highest BCUT2D eigenvalue weighted by molar-refractivity contribution is 7.14. The number of anilines is 1. The first-order chi connectivity index (χ1) is 11.2. The van der Waals surface area contributed by atoms with Crippen molar-refractivity contribution in [3.8, 4) is 0 Å². The van der Waals surface area contributed by atoms with Crippen LogP contribution in [-0.2, 0) is 9.47 Å². The van der Waals surface area contributed by atoms with Gasteiger partial charge in [0.25, 0.3) is 0 Å². The summed E-state index contributed by atoms with van der Waals surface area (Å²) in [6.45, 7) is 6.32. The first-order valence-corrected chi connectivity index (χ1v) is 9.56. The van der Waals surface area contributed by atoms with Crippen molar-refractivity contribution < 1.29 is 14.6 Å². The predicted octanol–water partition coefficient (Wildman–Crippen LogP) is 1.92. The lowest BCUT2D eigenvalue weighted by atomic mass is 9.81. The molecular weight excluding hydrogens is 312 g/mol. The maximum atomic E-state index is 11.0. The Hall–Kier alpha value is -0.660. The molecule has 3 aliphatic rings. The third-order valence-electron chi connectivity index (χ3n) is 5.46. The van der Waals surface area contributed by atoms with Crippen LogP contribution in [0.2, 0.25) is 0 Å². The second kappa shape index (κ2) is 6.33. The van der Waals surface area contributed by atoms with Gasteiger partial charge in [-0.05, 0) is 30.4 Å².